The lowest BCUT2D eigenvalue weighted by Crippen LogP contribution is -1.98. The van der Waals surface area contributed by atoms with Crippen LogP contribution in [0.4, 0.5) is 0 Å². The molecule has 0 aliphatic carbocycles. The molecule has 0 saturated heterocycles. The van der Waals surface area contributed by atoms with Crippen molar-refractivity contribution in [1.82, 2.24) is 4.98 Å². The van der Waals surface area contributed by atoms with Gasteiger partial charge in [-0.2, -0.15) is 0 Å². The summed E-state index contributed by atoms with van der Waals surface area (Å²) in [5.74, 6) is 0.847. The standard InChI is InChI=1S/C17H16N2OS/c18-11-15-3-1-2-4-16(15)14-7-5-13(6-8-14)12-21-17-19-9-10-20-17/h1-10H,11-12,18H2. The Labute approximate surface area is 128 Å². The van der Waals surface area contributed by atoms with E-state index < -0.39 is 0 Å². The highest BCUT2D eigenvalue weighted by atomic mass is 32.2. The lowest BCUT2D eigenvalue weighted by atomic mass is 9.99. The Kier molecular flexibility index (Phi) is 4.38. The van der Waals surface area contributed by atoms with Gasteiger partial charge in [0.05, 0.1) is 6.20 Å². The van der Waals surface area contributed by atoms with Crippen LogP contribution in [-0.4, -0.2) is 4.98 Å². The van der Waals surface area contributed by atoms with E-state index in [0.29, 0.717) is 11.8 Å². The Morgan fingerprint density at radius 1 is 1.05 bits per heavy atom. The summed E-state index contributed by atoms with van der Waals surface area (Å²) in [4.78, 5) is 4.10. The molecule has 0 unspecified atom stereocenters. The van der Waals surface area contributed by atoms with Gasteiger partial charge >= 0.3 is 0 Å². The second-order valence-corrected chi connectivity index (χ2v) is 5.57. The van der Waals surface area contributed by atoms with Crippen molar-refractivity contribution in [3.8, 4) is 11.1 Å². The van der Waals surface area contributed by atoms with Gasteiger partial charge in [-0.1, -0.05) is 60.3 Å². The van der Waals surface area contributed by atoms with Crippen LogP contribution in [0.15, 0.2) is 70.6 Å². The van der Waals surface area contributed by atoms with E-state index in [-0.39, 0.29) is 0 Å². The molecule has 0 saturated carbocycles. The predicted octanol–water partition coefficient (Wildman–Crippen LogP) is 4.09. The first-order valence-corrected chi connectivity index (χ1v) is 7.75. The molecule has 1 heterocycles. The van der Waals surface area contributed by atoms with Gasteiger partial charge in [-0.3, -0.25) is 0 Å². The molecule has 21 heavy (non-hydrogen) atoms. The molecule has 1 aromatic heterocycles. The van der Waals surface area contributed by atoms with Crippen LogP contribution >= 0.6 is 11.8 Å². The van der Waals surface area contributed by atoms with E-state index in [1.807, 2.05) is 12.1 Å². The van der Waals surface area contributed by atoms with Crippen LogP contribution in [0.1, 0.15) is 11.1 Å². The van der Waals surface area contributed by atoms with Gasteiger partial charge in [-0.25, -0.2) is 4.98 Å². The zero-order chi connectivity index (χ0) is 14.5. The monoisotopic (exact) mass is 296 g/mol. The van der Waals surface area contributed by atoms with Crippen LogP contribution in [0.25, 0.3) is 11.1 Å². The maximum absolute atomic E-state index is 5.80. The fraction of sp³-hybridized carbons (Fsp3) is 0.118. The summed E-state index contributed by atoms with van der Waals surface area (Å²) in [5, 5.41) is 0.701. The number of nitrogens with zero attached hydrogens (tertiary/aromatic N) is 1. The predicted molar refractivity (Wildman–Crippen MR) is 85.8 cm³/mol. The quantitative estimate of drug-likeness (QED) is 0.720. The SMILES string of the molecule is NCc1ccccc1-c1ccc(CSc2ncco2)cc1. The van der Waals surface area contributed by atoms with Gasteiger partial charge in [0.1, 0.15) is 6.26 Å². The van der Waals surface area contributed by atoms with Gasteiger partial charge < -0.3 is 10.2 Å². The number of rotatable bonds is 5. The number of thioether (sulfide) groups is 1. The van der Waals surface area contributed by atoms with Crippen molar-refractivity contribution < 1.29 is 4.42 Å². The Bertz CT molecular complexity index is 693. The Hall–Kier alpha value is -2.04. The third-order valence-electron chi connectivity index (χ3n) is 3.27. The first-order valence-electron chi connectivity index (χ1n) is 6.76. The normalized spacial score (nSPS) is 10.7. The molecular weight excluding hydrogens is 280 g/mol. The zero-order valence-electron chi connectivity index (χ0n) is 11.5. The number of hydrogen-bond donors (Lipinski definition) is 1. The molecule has 2 N–H and O–H groups in total. The minimum Gasteiger partial charge on any atom is -0.440 e. The molecule has 3 nitrogen and oxygen atoms in total. The maximum Gasteiger partial charge on any atom is 0.255 e. The average Bonchev–Trinajstić information content (AvgIpc) is 3.07. The summed E-state index contributed by atoms with van der Waals surface area (Å²) in [5.41, 5.74) is 10.6. The molecule has 0 radical (unpaired) electrons. The van der Waals surface area contributed by atoms with Gasteiger partial charge in [-0.05, 0) is 22.3 Å². The zero-order valence-corrected chi connectivity index (χ0v) is 12.3. The first-order chi connectivity index (χ1) is 10.4. The molecule has 0 amide bonds. The van der Waals surface area contributed by atoms with E-state index in [1.165, 1.54) is 22.3 Å². The minimum absolute atomic E-state index is 0.554. The van der Waals surface area contributed by atoms with Crippen LogP contribution in [0, 0.1) is 0 Å². The highest BCUT2D eigenvalue weighted by Crippen LogP contribution is 2.26. The first kappa shape index (κ1) is 13.9. The number of hydrogen-bond acceptors (Lipinski definition) is 4. The molecule has 0 atom stereocenters. The van der Waals surface area contributed by atoms with Crippen LogP contribution in [0.2, 0.25) is 0 Å². The number of benzene rings is 2. The smallest absolute Gasteiger partial charge is 0.255 e. The van der Waals surface area contributed by atoms with Crippen LogP contribution in [-0.2, 0) is 12.3 Å². The van der Waals surface area contributed by atoms with Crippen LogP contribution in [0.3, 0.4) is 0 Å². The highest BCUT2D eigenvalue weighted by Gasteiger charge is 2.04. The average molecular weight is 296 g/mol. The summed E-state index contributed by atoms with van der Waals surface area (Å²) < 4.78 is 5.22. The van der Waals surface area contributed by atoms with Crippen LogP contribution < -0.4 is 5.73 Å². The Morgan fingerprint density at radius 2 is 1.86 bits per heavy atom. The van der Waals surface area contributed by atoms with Gasteiger partial charge in [0.15, 0.2) is 0 Å². The van der Waals surface area contributed by atoms with Crippen molar-refractivity contribution >= 4 is 11.8 Å². The lowest BCUT2D eigenvalue weighted by Gasteiger charge is -2.08. The van der Waals surface area contributed by atoms with Crippen molar-refractivity contribution in [2.45, 2.75) is 17.5 Å². The maximum atomic E-state index is 5.80. The van der Waals surface area contributed by atoms with Crippen LogP contribution in [0.5, 0.6) is 0 Å². The van der Waals surface area contributed by atoms with E-state index >= 15 is 0 Å². The minimum atomic E-state index is 0.554. The second-order valence-electron chi connectivity index (χ2n) is 4.64. The second kappa shape index (κ2) is 6.61. The third kappa shape index (κ3) is 3.35. The molecule has 4 heteroatoms. The number of oxazole rings is 1. The third-order valence-corrected chi connectivity index (χ3v) is 4.20. The van der Waals surface area contributed by atoms with Gasteiger partial charge in [0.2, 0.25) is 0 Å². The van der Waals surface area contributed by atoms with E-state index in [0.717, 1.165) is 5.75 Å². The van der Waals surface area contributed by atoms with Gasteiger partial charge in [-0.15, -0.1) is 0 Å². The number of aromatic nitrogens is 1. The fourth-order valence-electron chi connectivity index (χ4n) is 2.19. The van der Waals surface area contributed by atoms with Crippen molar-refractivity contribution in [3.63, 3.8) is 0 Å². The summed E-state index contributed by atoms with van der Waals surface area (Å²) >= 11 is 1.59. The van der Waals surface area contributed by atoms with E-state index in [1.54, 1.807) is 24.2 Å². The molecule has 0 fully saturated rings. The Balaban J connectivity index is 1.74. The van der Waals surface area contributed by atoms with E-state index in [2.05, 4.69) is 41.4 Å². The summed E-state index contributed by atoms with van der Waals surface area (Å²) in [6, 6.07) is 16.8. The van der Waals surface area contributed by atoms with Crippen molar-refractivity contribution in [1.29, 1.82) is 0 Å². The summed E-state index contributed by atoms with van der Waals surface area (Å²) in [6.45, 7) is 0.554. The summed E-state index contributed by atoms with van der Waals surface area (Å²) in [7, 11) is 0. The summed E-state index contributed by atoms with van der Waals surface area (Å²) in [6.07, 6.45) is 3.25. The number of nitrogens with two attached hydrogens (primary N) is 1. The van der Waals surface area contributed by atoms with Crippen molar-refractivity contribution in [3.05, 3.63) is 72.1 Å². The molecule has 0 aliphatic heterocycles. The molecule has 0 spiro atoms. The Morgan fingerprint density at radius 3 is 2.57 bits per heavy atom. The van der Waals surface area contributed by atoms with E-state index in [9.17, 15) is 0 Å². The fourth-order valence-corrected chi connectivity index (χ4v) is 2.93. The molecule has 106 valence electrons. The topological polar surface area (TPSA) is 52.0 Å². The molecule has 3 aromatic rings. The molecular formula is C17H16N2OS. The van der Waals surface area contributed by atoms with Gasteiger partial charge in [0, 0.05) is 12.3 Å². The molecule has 3 rings (SSSR count). The molecule has 0 bridgehead atoms. The largest absolute Gasteiger partial charge is 0.440 e. The van der Waals surface area contributed by atoms with E-state index in [4.69, 9.17) is 10.2 Å². The van der Waals surface area contributed by atoms with Crippen molar-refractivity contribution in [2.75, 3.05) is 0 Å². The lowest BCUT2D eigenvalue weighted by molar-refractivity contribution is 0.454. The molecule has 2 aromatic carbocycles. The highest BCUT2D eigenvalue weighted by molar-refractivity contribution is 7.98. The van der Waals surface area contributed by atoms with Crippen molar-refractivity contribution in [2.24, 2.45) is 5.73 Å². The molecule has 0 aliphatic rings. The van der Waals surface area contributed by atoms with Gasteiger partial charge in [0.25, 0.3) is 5.22 Å².